The topological polar surface area (TPSA) is 49.8 Å². The lowest BCUT2D eigenvalue weighted by molar-refractivity contribution is 0.356. The molecule has 0 atom stereocenters. The minimum absolute atomic E-state index is 0. The summed E-state index contributed by atoms with van der Waals surface area (Å²) < 4.78 is 22.2. The number of nitrogens with zero attached hydrogens (tertiary/aromatic N) is 1. The van der Waals surface area contributed by atoms with Crippen LogP contribution in [0.5, 0.6) is 23.0 Å². The van der Waals surface area contributed by atoms with E-state index < -0.39 is 0 Å². The maximum Gasteiger partial charge on any atom is 0.170 e. The van der Waals surface area contributed by atoms with Crippen LogP contribution in [-0.2, 0) is 6.42 Å². The van der Waals surface area contributed by atoms with Crippen molar-refractivity contribution in [2.75, 3.05) is 28.4 Å². The fourth-order valence-electron chi connectivity index (χ4n) is 3.65. The third-order valence-corrected chi connectivity index (χ3v) is 4.75. The molecular weight excluding hydrogens is 354 g/mol. The van der Waals surface area contributed by atoms with Crippen molar-refractivity contribution >= 4 is 23.2 Å². The van der Waals surface area contributed by atoms with Gasteiger partial charge in [-0.15, -0.1) is 12.4 Å². The molecule has 6 heteroatoms. The standard InChI is InChI=1S/C20H19NO4.ClH/c1-22-14-7-8-15(23-2)18-12-9-11-5-6-16(24-3)20(25-4)17(11)19(12)21-10-13(14)18;/h5-8,10H,9H2,1-4H3;1H. The molecule has 0 fully saturated rings. The highest BCUT2D eigenvalue weighted by atomic mass is 35.5. The zero-order valence-electron chi connectivity index (χ0n) is 15.1. The largest absolute Gasteiger partial charge is 0.496 e. The van der Waals surface area contributed by atoms with E-state index in [-0.39, 0.29) is 12.4 Å². The van der Waals surface area contributed by atoms with E-state index in [4.69, 9.17) is 23.9 Å². The average Bonchev–Trinajstić information content (AvgIpc) is 3.04. The molecule has 26 heavy (non-hydrogen) atoms. The van der Waals surface area contributed by atoms with Crippen molar-refractivity contribution in [2.45, 2.75) is 6.42 Å². The molecule has 0 saturated carbocycles. The molecule has 0 amide bonds. The van der Waals surface area contributed by atoms with Gasteiger partial charge in [0, 0.05) is 29.0 Å². The predicted octanol–water partition coefficient (Wildman–Crippen LogP) is 4.26. The Kier molecular flexibility index (Phi) is 4.83. The molecule has 0 aliphatic heterocycles. The molecule has 1 aliphatic rings. The van der Waals surface area contributed by atoms with Gasteiger partial charge in [-0.05, 0) is 29.3 Å². The fraction of sp³-hybridized carbons (Fsp3) is 0.250. The molecule has 1 aromatic heterocycles. The summed E-state index contributed by atoms with van der Waals surface area (Å²) in [5.74, 6) is 3.01. The van der Waals surface area contributed by atoms with Gasteiger partial charge in [-0.25, -0.2) is 0 Å². The first-order chi connectivity index (χ1) is 12.2. The van der Waals surface area contributed by atoms with Gasteiger partial charge in [0.05, 0.1) is 34.1 Å². The lowest BCUT2D eigenvalue weighted by Gasteiger charge is -2.14. The molecular formula is C20H20ClNO4. The van der Waals surface area contributed by atoms with E-state index in [2.05, 4.69) is 6.07 Å². The van der Waals surface area contributed by atoms with Crippen LogP contribution in [0.2, 0.25) is 0 Å². The summed E-state index contributed by atoms with van der Waals surface area (Å²) in [5.41, 5.74) is 4.18. The molecule has 0 saturated heterocycles. The number of fused-ring (bicyclic) bond motifs is 5. The van der Waals surface area contributed by atoms with Crippen LogP contribution in [0.25, 0.3) is 22.0 Å². The molecule has 4 rings (SSSR count). The summed E-state index contributed by atoms with van der Waals surface area (Å²) >= 11 is 0. The van der Waals surface area contributed by atoms with Crippen molar-refractivity contribution in [1.29, 1.82) is 0 Å². The Morgan fingerprint density at radius 2 is 1.46 bits per heavy atom. The molecule has 0 bridgehead atoms. The van der Waals surface area contributed by atoms with Crippen molar-refractivity contribution < 1.29 is 18.9 Å². The van der Waals surface area contributed by atoms with Crippen molar-refractivity contribution in [2.24, 2.45) is 0 Å². The van der Waals surface area contributed by atoms with Gasteiger partial charge < -0.3 is 18.9 Å². The van der Waals surface area contributed by atoms with E-state index in [1.807, 2.05) is 24.4 Å². The highest BCUT2D eigenvalue weighted by Gasteiger charge is 2.29. The van der Waals surface area contributed by atoms with Gasteiger partial charge in [-0.3, -0.25) is 4.98 Å². The Bertz CT molecular complexity index is 987. The SMILES string of the molecule is COc1ccc2c(c1OC)-c1ncc3c(OC)ccc(OC)c3c1C2.Cl. The molecule has 0 unspecified atom stereocenters. The van der Waals surface area contributed by atoms with Crippen molar-refractivity contribution in [1.82, 2.24) is 4.98 Å². The van der Waals surface area contributed by atoms with Crippen LogP contribution in [0.1, 0.15) is 11.1 Å². The van der Waals surface area contributed by atoms with Gasteiger partial charge in [0.25, 0.3) is 0 Å². The maximum absolute atomic E-state index is 5.63. The normalized spacial score (nSPS) is 11.4. The van der Waals surface area contributed by atoms with E-state index in [0.717, 1.165) is 51.1 Å². The van der Waals surface area contributed by atoms with Crippen LogP contribution < -0.4 is 18.9 Å². The molecule has 0 radical (unpaired) electrons. The average molecular weight is 374 g/mol. The zero-order valence-corrected chi connectivity index (χ0v) is 15.9. The van der Waals surface area contributed by atoms with Gasteiger partial charge in [0.15, 0.2) is 11.5 Å². The number of rotatable bonds is 4. The predicted molar refractivity (Wildman–Crippen MR) is 103 cm³/mol. The van der Waals surface area contributed by atoms with Crippen LogP contribution in [0, 0.1) is 0 Å². The minimum Gasteiger partial charge on any atom is -0.496 e. The maximum atomic E-state index is 5.63. The first kappa shape index (κ1) is 18.1. The van der Waals surface area contributed by atoms with Crippen molar-refractivity contribution in [3.63, 3.8) is 0 Å². The molecule has 136 valence electrons. The summed E-state index contributed by atoms with van der Waals surface area (Å²) in [4.78, 5) is 4.73. The van der Waals surface area contributed by atoms with Gasteiger partial charge in [0.2, 0.25) is 0 Å². The molecule has 0 N–H and O–H groups in total. The van der Waals surface area contributed by atoms with Crippen LogP contribution in [0.15, 0.2) is 30.5 Å². The highest BCUT2D eigenvalue weighted by molar-refractivity contribution is 6.01. The molecule has 3 aromatic rings. The molecule has 0 spiro atoms. The summed E-state index contributed by atoms with van der Waals surface area (Å²) in [7, 11) is 6.64. The number of hydrogen-bond donors (Lipinski definition) is 0. The quantitative estimate of drug-likeness (QED) is 0.535. The minimum atomic E-state index is 0. The number of halogens is 1. The second-order valence-corrected chi connectivity index (χ2v) is 5.86. The Hall–Kier alpha value is -2.66. The first-order valence-electron chi connectivity index (χ1n) is 8.00. The summed E-state index contributed by atoms with van der Waals surface area (Å²) in [6.45, 7) is 0. The number of benzene rings is 2. The highest BCUT2D eigenvalue weighted by Crippen LogP contribution is 2.49. The third-order valence-electron chi connectivity index (χ3n) is 4.75. The Labute approximate surface area is 158 Å². The molecule has 1 heterocycles. The van der Waals surface area contributed by atoms with Crippen LogP contribution in [0.4, 0.5) is 0 Å². The summed E-state index contributed by atoms with van der Waals surface area (Å²) in [6, 6.07) is 7.84. The van der Waals surface area contributed by atoms with E-state index in [0.29, 0.717) is 11.5 Å². The van der Waals surface area contributed by atoms with E-state index in [9.17, 15) is 0 Å². The van der Waals surface area contributed by atoms with E-state index >= 15 is 0 Å². The van der Waals surface area contributed by atoms with E-state index in [1.54, 1.807) is 28.4 Å². The summed E-state index contributed by atoms with van der Waals surface area (Å²) in [6.07, 6.45) is 2.60. The van der Waals surface area contributed by atoms with Crippen molar-refractivity contribution in [3.05, 3.63) is 41.6 Å². The Morgan fingerprint density at radius 3 is 2.12 bits per heavy atom. The van der Waals surface area contributed by atoms with Crippen LogP contribution >= 0.6 is 12.4 Å². The smallest absolute Gasteiger partial charge is 0.170 e. The van der Waals surface area contributed by atoms with Gasteiger partial charge in [-0.2, -0.15) is 0 Å². The van der Waals surface area contributed by atoms with Crippen LogP contribution in [0.3, 0.4) is 0 Å². The number of aromatic nitrogens is 1. The number of pyridine rings is 1. The summed E-state index contributed by atoms with van der Waals surface area (Å²) in [5, 5.41) is 1.98. The monoisotopic (exact) mass is 373 g/mol. The van der Waals surface area contributed by atoms with Gasteiger partial charge in [0.1, 0.15) is 11.5 Å². The van der Waals surface area contributed by atoms with Gasteiger partial charge in [-0.1, -0.05) is 6.07 Å². The first-order valence-corrected chi connectivity index (χ1v) is 8.00. The van der Waals surface area contributed by atoms with Crippen molar-refractivity contribution in [3.8, 4) is 34.3 Å². The Balaban J connectivity index is 0.00000196. The number of methoxy groups -OCH3 is 4. The van der Waals surface area contributed by atoms with Crippen LogP contribution in [-0.4, -0.2) is 33.4 Å². The lowest BCUT2D eigenvalue weighted by atomic mass is 10.0. The second kappa shape index (κ2) is 6.92. The zero-order chi connectivity index (χ0) is 17.6. The Morgan fingerprint density at radius 1 is 0.808 bits per heavy atom. The molecule has 5 nitrogen and oxygen atoms in total. The lowest BCUT2D eigenvalue weighted by Crippen LogP contribution is -1.96. The molecule has 2 aromatic carbocycles. The fourth-order valence-corrected chi connectivity index (χ4v) is 3.65. The van der Waals surface area contributed by atoms with E-state index in [1.165, 1.54) is 0 Å². The third kappa shape index (κ3) is 2.42. The van der Waals surface area contributed by atoms with Gasteiger partial charge >= 0.3 is 0 Å². The number of ether oxygens (including phenoxy) is 4. The second-order valence-electron chi connectivity index (χ2n) is 5.86. The molecule has 1 aliphatic carbocycles. The number of hydrogen-bond acceptors (Lipinski definition) is 5.